The first-order valence-corrected chi connectivity index (χ1v) is 9.35. The summed E-state index contributed by atoms with van der Waals surface area (Å²) in [4.78, 5) is 15.5. The van der Waals surface area contributed by atoms with E-state index in [0.717, 1.165) is 15.6 Å². The fourth-order valence-electron chi connectivity index (χ4n) is 2.84. The van der Waals surface area contributed by atoms with Gasteiger partial charge < -0.3 is 9.84 Å². The highest BCUT2D eigenvalue weighted by molar-refractivity contribution is 7.19. The molecule has 0 radical (unpaired) electrons. The van der Waals surface area contributed by atoms with E-state index in [9.17, 15) is 18.0 Å². The summed E-state index contributed by atoms with van der Waals surface area (Å²) in [5.74, 6) is -0.496. The normalized spacial score (nSPS) is 11.8. The third-order valence-electron chi connectivity index (χ3n) is 4.23. The zero-order valence-corrected chi connectivity index (χ0v) is 16.4. The van der Waals surface area contributed by atoms with Crippen LogP contribution in [0.2, 0.25) is 5.02 Å². The average molecular weight is 430 g/mol. The molecule has 1 aromatic carbocycles. The van der Waals surface area contributed by atoms with E-state index in [-0.39, 0.29) is 18.7 Å². The van der Waals surface area contributed by atoms with Crippen LogP contribution in [0.1, 0.15) is 27.4 Å². The van der Waals surface area contributed by atoms with E-state index in [1.54, 1.807) is 12.1 Å². The summed E-state index contributed by atoms with van der Waals surface area (Å²) in [6.07, 6.45) is -4.62. The van der Waals surface area contributed by atoms with Gasteiger partial charge in [0.1, 0.15) is 18.1 Å². The van der Waals surface area contributed by atoms with Crippen molar-refractivity contribution in [2.75, 3.05) is 0 Å². The van der Waals surface area contributed by atoms with Crippen molar-refractivity contribution in [2.24, 2.45) is 0 Å². The first-order valence-electron chi connectivity index (χ1n) is 8.16. The maximum atomic E-state index is 12.7. The minimum absolute atomic E-state index is 0.0329. The molecular formula is C19H15ClF3NO3S. The molecule has 1 N–H and O–H groups in total. The number of aryl methyl sites for hydroxylation is 2. The molecule has 2 aromatic heterocycles. The maximum Gasteiger partial charge on any atom is 0.433 e. The molecule has 0 saturated carbocycles. The molecule has 0 aliphatic rings. The molecule has 0 atom stereocenters. The molecule has 4 nitrogen and oxygen atoms in total. The van der Waals surface area contributed by atoms with Gasteiger partial charge in [-0.2, -0.15) is 13.2 Å². The SMILES string of the molecule is Cc1nc(C(F)(F)F)ccc1COc1cc(Cl)c2c(CC(=O)O)c(C)sc2c1. The van der Waals surface area contributed by atoms with E-state index >= 15 is 0 Å². The zero-order valence-electron chi connectivity index (χ0n) is 14.9. The summed E-state index contributed by atoms with van der Waals surface area (Å²) in [7, 11) is 0. The topological polar surface area (TPSA) is 59.4 Å². The molecule has 3 aromatic rings. The fourth-order valence-corrected chi connectivity index (χ4v) is 4.36. The predicted molar refractivity (Wildman–Crippen MR) is 101 cm³/mol. The van der Waals surface area contributed by atoms with Gasteiger partial charge in [-0.1, -0.05) is 17.7 Å². The van der Waals surface area contributed by atoms with Gasteiger partial charge in [0.2, 0.25) is 0 Å². The number of alkyl halides is 3. The van der Waals surface area contributed by atoms with Crippen LogP contribution in [0.5, 0.6) is 5.75 Å². The number of rotatable bonds is 5. The molecule has 0 unspecified atom stereocenters. The molecule has 0 bridgehead atoms. The van der Waals surface area contributed by atoms with Crippen LogP contribution in [0.25, 0.3) is 10.1 Å². The lowest BCUT2D eigenvalue weighted by molar-refractivity contribution is -0.141. The Balaban J connectivity index is 1.85. The number of carboxylic acid groups (broad SMARTS) is 1. The number of thiophene rings is 1. The molecule has 0 fully saturated rings. The largest absolute Gasteiger partial charge is 0.489 e. The van der Waals surface area contributed by atoms with Gasteiger partial charge in [0.15, 0.2) is 0 Å². The number of hydrogen-bond donors (Lipinski definition) is 1. The average Bonchev–Trinajstić information content (AvgIpc) is 2.88. The van der Waals surface area contributed by atoms with Crippen LogP contribution in [0.4, 0.5) is 13.2 Å². The van der Waals surface area contributed by atoms with E-state index in [1.165, 1.54) is 24.3 Å². The highest BCUT2D eigenvalue weighted by atomic mass is 35.5. The van der Waals surface area contributed by atoms with E-state index < -0.39 is 17.8 Å². The minimum atomic E-state index is -4.49. The van der Waals surface area contributed by atoms with Crippen molar-refractivity contribution in [2.45, 2.75) is 33.1 Å². The summed E-state index contributed by atoms with van der Waals surface area (Å²) in [6, 6.07) is 5.58. The summed E-state index contributed by atoms with van der Waals surface area (Å²) < 4.78 is 44.6. The van der Waals surface area contributed by atoms with E-state index in [4.69, 9.17) is 21.4 Å². The van der Waals surface area contributed by atoms with Gasteiger partial charge in [-0.05, 0) is 37.6 Å². The molecule has 148 valence electrons. The Morgan fingerprint density at radius 3 is 2.61 bits per heavy atom. The highest BCUT2D eigenvalue weighted by Crippen LogP contribution is 2.39. The number of aromatic nitrogens is 1. The molecule has 0 aliphatic carbocycles. The van der Waals surface area contributed by atoms with E-state index in [2.05, 4.69) is 4.98 Å². The second-order valence-electron chi connectivity index (χ2n) is 6.21. The van der Waals surface area contributed by atoms with Crippen molar-refractivity contribution >= 4 is 39.0 Å². The Kier molecular flexibility index (Phi) is 5.54. The van der Waals surface area contributed by atoms with Crippen LogP contribution < -0.4 is 4.74 Å². The van der Waals surface area contributed by atoms with Crippen LogP contribution in [0.3, 0.4) is 0 Å². The lowest BCUT2D eigenvalue weighted by Gasteiger charge is -2.12. The van der Waals surface area contributed by atoms with Gasteiger partial charge in [0.05, 0.1) is 11.4 Å². The number of fused-ring (bicyclic) bond motifs is 1. The lowest BCUT2D eigenvalue weighted by atomic mass is 10.1. The first kappa shape index (κ1) is 20.4. The standard InChI is InChI=1S/C19H15ClF3NO3S/c1-9-11(3-4-16(24-9)19(21,22)23)8-27-12-5-14(20)18-13(7-17(25)26)10(2)28-15(18)6-12/h3-6H,7-8H2,1-2H3,(H,25,26). The molecule has 0 saturated heterocycles. The molecule has 9 heteroatoms. The smallest absolute Gasteiger partial charge is 0.433 e. The van der Waals surface area contributed by atoms with Gasteiger partial charge in [-0.3, -0.25) is 4.79 Å². The van der Waals surface area contributed by atoms with Crippen molar-refractivity contribution in [1.82, 2.24) is 4.98 Å². The van der Waals surface area contributed by atoms with Gasteiger partial charge in [0.25, 0.3) is 0 Å². The van der Waals surface area contributed by atoms with Crippen molar-refractivity contribution < 1.29 is 27.8 Å². The third-order valence-corrected chi connectivity index (χ3v) is 5.62. The van der Waals surface area contributed by atoms with Crippen LogP contribution in [0, 0.1) is 13.8 Å². The Morgan fingerprint density at radius 2 is 2.00 bits per heavy atom. The minimum Gasteiger partial charge on any atom is -0.489 e. The lowest BCUT2D eigenvalue weighted by Crippen LogP contribution is -2.10. The number of aliphatic carboxylic acids is 1. The number of carbonyl (C=O) groups is 1. The summed E-state index contributed by atoms with van der Waals surface area (Å²) in [6.45, 7) is 3.35. The van der Waals surface area contributed by atoms with Crippen LogP contribution >= 0.6 is 22.9 Å². The van der Waals surface area contributed by atoms with Crippen LogP contribution in [0.15, 0.2) is 24.3 Å². The van der Waals surface area contributed by atoms with Gasteiger partial charge in [0, 0.05) is 26.2 Å². The molecule has 3 rings (SSSR count). The van der Waals surface area contributed by atoms with Crippen molar-refractivity contribution in [1.29, 1.82) is 0 Å². The van der Waals surface area contributed by atoms with Crippen molar-refractivity contribution in [3.63, 3.8) is 0 Å². The molecule has 0 aliphatic heterocycles. The number of ether oxygens (including phenoxy) is 1. The molecule has 28 heavy (non-hydrogen) atoms. The zero-order chi connectivity index (χ0) is 20.6. The van der Waals surface area contributed by atoms with Crippen molar-refractivity contribution in [3.05, 3.63) is 56.7 Å². The van der Waals surface area contributed by atoms with E-state index in [0.29, 0.717) is 27.3 Å². The number of hydrogen-bond acceptors (Lipinski definition) is 4. The third kappa shape index (κ3) is 4.23. The fraction of sp³-hybridized carbons (Fsp3) is 0.263. The van der Waals surface area contributed by atoms with Gasteiger partial charge in [-0.25, -0.2) is 4.98 Å². The first-order chi connectivity index (χ1) is 13.1. The summed E-state index contributed by atoms with van der Waals surface area (Å²) in [5.41, 5.74) is 0.487. The Morgan fingerprint density at radius 1 is 1.29 bits per heavy atom. The molecule has 0 spiro atoms. The highest BCUT2D eigenvalue weighted by Gasteiger charge is 2.32. The van der Waals surface area contributed by atoms with Gasteiger partial charge in [-0.15, -0.1) is 11.3 Å². The second kappa shape index (κ2) is 7.60. The Labute approximate surface area is 167 Å². The number of halogens is 4. The monoisotopic (exact) mass is 429 g/mol. The number of nitrogens with zero attached hydrogens (tertiary/aromatic N) is 1. The molecule has 2 heterocycles. The van der Waals surface area contributed by atoms with Crippen molar-refractivity contribution in [3.8, 4) is 5.75 Å². The quantitative estimate of drug-likeness (QED) is 0.557. The van der Waals surface area contributed by atoms with Crippen LogP contribution in [-0.4, -0.2) is 16.1 Å². The number of pyridine rings is 1. The van der Waals surface area contributed by atoms with Gasteiger partial charge >= 0.3 is 12.1 Å². The predicted octanol–water partition coefficient (Wildman–Crippen LogP) is 5.79. The number of benzene rings is 1. The summed E-state index contributed by atoms with van der Waals surface area (Å²) in [5, 5.41) is 10.1. The second-order valence-corrected chi connectivity index (χ2v) is 7.88. The summed E-state index contributed by atoms with van der Waals surface area (Å²) >= 11 is 7.76. The molecule has 0 amide bonds. The number of carboxylic acids is 1. The Bertz CT molecular complexity index is 1060. The molecular weight excluding hydrogens is 415 g/mol. The van der Waals surface area contributed by atoms with Crippen LogP contribution in [-0.2, 0) is 24.0 Å². The maximum absolute atomic E-state index is 12.7. The Hall–Kier alpha value is -2.32. The van der Waals surface area contributed by atoms with E-state index in [1.807, 2.05) is 6.92 Å².